The summed E-state index contributed by atoms with van der Waals surface area (Å²) in [5.74, 6) is 2.47. The molecule has 0 N–H and O–H groups in total. The molecule has 2 saturated carbocycles. The second kappa shape index (κ2) is 5.95. The van der Waals surface area contributed by atoms with Crippen LogP contribution >= 0.6 is 15.9 Å². The highest BCUT2D eigenvalue weighted by Gasteiger charge is 2.67. The molecule has 1 aromatic rings. The molecule has 22 heavy (non-hydrogen) atoms. The largest absolute Gasteiger partial charge is 0.497 e. The van der Waals surface area contributed by atoms with Crippen LogP contribution < -0.4 is 4.74 Å². The van der Waals surface area contributed by atoms with Gasteiger partial charge in [-0.15, -0.1) is 0 Å². The third-order valence-electron chi connectivity index (χ3n) is 5.09. The number of hydrogen-bond donors (Lipinski definition) is 0. The Bertz CT molecular complexity index is 511. The van der Waals surface area contributed by atoms with Crippen molar-refractivity contribution in [2.24, 2.45) is 11.8 Å². The van der Waals surface area contributed by atoms with E-state index in [2.05, 4.69) is 59.8 Å². The average Bonchev–Trinajstić information content (AvgIpc) is 3.11. The maximum atomic E-state index is 6.67. The standard InChI is InChI=1S/C18H27BrO2Si/c1-20-14-11-9-13(10-12-14)17(21-22(2,3)4)18(19)15-7-5-6-8-16(15)18/h9-12,15-17H,5-8H2,1-4H3. The van der Waals surface area contributed by atoms with Gasteiger partial charge in [-0.25, -0.2) is 0 Å². The van der Waals surface area contributed by atoms with E-state index in [9.17, 15) is 0 Å². The van der Waals surface area contributed by atoms with E-state index in [-0.39, 0.29) is 10.4 Å². The fourth-order valence-electron chi connectivity index (χ4n) is 4.03. The van der Waals surface area contributed by atoms with Gasteiger partial charge in [0.1, 0.15) is 5.75 Å². The van der Waals surface area contributed by atoms with Crippen molar-refractivity contribution in [1.82, 2.24) is 0 Å². The maximum Gasteiger partial charge on any atom is 0.184 e. The lowest BCUT2D eigenvalue weighted by Crippen LogP contribution is -2.33. The van der Waals surface area contributed by atoms with Crippen LogP contribution in [0.15, 0.2) is 24.3 Å². The number of benzene rings is 1. The Morgan fingerprint density at radius 3 is 2.09 bits per heavy atom. The van der Waals surface area contributed by atoms with E-state index in [1.165, 1.54) is 31.2 Å². The van der Waals surface area contributed by atoms with Gasteiger partial charge >= 0.3 is 0 Å². The van der Waals surface area contributed by atoms with Crippen LogP contribution in [0.5, 0.6) is 5.75 Å². The van der Waals surface area contributed by atoms with Crippen molar-refractivity contribution < 1.29 is 9.16 Å². The van der Waals surface area contributed by atoms with Gasteiger partial charge in [0.25, 0.3) is 0 Å². The third-order valence-corrected chi connectivity index (χ3v) is 7.62. The van der Waals surface area contributed by atoms with Gasteiger partial charge in [-0.3, -0.25) is 0 Å². The Balaban J connectivity index is 1.90. The summed E-state index contributed by atoms with van der Waals surface area (Å²) in [5, 5.41) is 0. The van der Waals surface area contributed by atoms with Crippen molar-refractivity contribution in [3.63, 3.8) is 0 Å². The van der Waals surface area contributed by atoms with Crippen molar-refractivity contribution in [3.05, 3.63) is 29.8 Å². The summed E-state index contributed by atoms with van der Waals surface area (Å²) in [4.78, 5) is 0. The summed E-state index contributed by atoms with van der Waals surface area (Å²) in [7, 11) is 0.0944. The summed E-state index contributed by atoms with van der Waals surface area (Å²) in [5.41, 5.74) is 1.29. The highest BCUT2D eigenvalue weighted by atomic mass is 79.9. The minimum absolute atomic E-state index is 0.151. The Morgan fingerprint density at radius 1 is 1.09 bits per heavy atom. The van der Waals surface area contributed by atoms with E-state index in [0.29, 0.717) is 0 Å². The van der Waals surface area contributed by atoms with E-state index in [1.54, 1.807) is 7.11 Å². The number of hydrogen-bond acceptors (Lipinski definition) is 2. The summed E-state index contributed by atoms with van der Waals surface area (Å²) in [6, 6.07) is 8.46. The predicted octanol–water partition coefficient (Wildman–Crippen LogP) is 5.54. The topological polar surface area (TPSA) is 18.5 Å². The van der Waals surface area contributed by atoms with E-state index < -0.39 is 8.32 Å². The van der Waals surface area contributed by atoms with Crippen LogP contribution in [0.2, 0.25) is 19.6 Å². The molecular weight excluding hydrogens is 356 g/mol. The van der Waals surface area contributed by atoms with Crippen LogP contribution in [0.25, 0.3) is 0 Å². The van der Waals surface area contributed by atoms with E-state index >= 15 is 0 Å². The molecule has 2 aliphatic rings. The van der Waals surface area contributed by atoms with Crippen LogP contribution in [0.1, 0.15) is 37.4 Å². The number of fused-ring (bicyclic) bond motifs is 1. The molecule has 3 atom stereocenters. The van der Waals surface area contributed by atoms with Crippen LogP contribution in [-0.2, 0) is 4.43 Å². The molecule has 0 aliphatic heterocycles. The molecule has 2 fully saturated rings. The number of rotatable bonds is 5. The van der Waals surface area contributed by atoms with Gasteiger partial charge in [0.05, 0.1) is 17.5 Å². The van der Waals surface area contributed by atoms with Crippen LogP contribution in [-0.4, -0.2) is 19.8 Å². The van der Waals surface area contributed by atoms with Crippen molar-refractivity contribution in [2.45, 2.75) is 55.8 Å². The molecule has 0 amide bonds. The molecule has 3 unspecified atom stereocenters. The molecule has 0 heterocycles. The SMILES string of the molecule is COc1ccc(C(O[Si](C)(C)C)C2(Br)C3CCCCC32)cc1. The van der Waals surface area contributed by atoms with Crippen LogP contribution in [0, 0.1) is 11.8 Å². The summed E-state index contributed by atoms with van der Waals surface area (Å²) >= 11 is 4.14. The minimum atomic E-state index is -1.62. The Morgan fingerprint density at radius 2 is 1.64 bits per heavy atom. The normalized spacial score (nSPS) is 32.2. The highest BCUT2D eigenvalue weighted by Crippen LogP contribution is 2.70. The molecule has 0 saturated heterocycles. The first-order chi connectivity index (χ1) is 10.4. The third kappa shape index (κ3) is 3.02. The number of alkyl halides is 1. The van der Waals surface area contributed by atoms with Gasteiger partial charge < -0.3 is 9.16 Å². The number of methoxy groups -OCH3 is 1. The molecule has 0 spiro atoms. The van der Waals surface area contributed by atoms with Crippen molar-refractivity contribution in [1.29, 1.82) is 0 Å². The first-order valence-electron chi connectivity index (χ1n) is 8.37. The number of halogens is 1. The smallest absolute Gasteiger partial charge is 0.184 e. The van der Waals surface area contributed by atoms with Crippen molar-refractivity contribution in [2.75, 3.05) is 7.11 Å². The van der Waals surface area contributed by atoms with Gasteiger partial charge in [-0.2, -0.15) is 0 Å². The zero-order chi connectivity index (χ0) is 16.0. The van der Waals surface area contributed by atoms with Crippen molar-refractivity contribution >= 4 is 24.2 Å². The molecule has 2 aliphatic carbocycles. The van der Waals surface area contributed by atoms with E-state index in [0.717, 1.165) is 17.6 Å². The molecule has 1 aromatic carbocycles. The molecule has 0 aromatic heterocycles. The van der Waals surface area contributed by atoms with Gasteiger partial charge in [0, 0.05) is 0 Å². The second-order valence-corrected chi connectivity index (χ2v) is 13.5. The zero-order valence-electron chi connectivity index (χ0n) is 14.1. The fourth-order valence-corrected chi connectivity index (χ4v) is 6.56. The van der Waals surface area contributed by atoms with Crippen LogP contribution in [0.4, 0.5) is 0 Å². The lowest BCUT2D eigenvalue weighted by atomic mass is 10.0. The molecule has 4 heteroatoms. The quantitative estimate of drug-likeness (QED) is 0.491. The average molecular weight is 383 g/mol. The number of ether oxygens (including phenoxy) is 1. The Hall–Kier alpha value is -0.323. The van der Waals surface area contributed by atoms with Gasteiger partial charge in [0.2, 0.25) is 0 Å². The summed E-state index contributed by atoms with van der Waals surface area (Å²) in [6.07, 6.45) is 5.60. The van der Waals surface area contributed by atoms with Gasteiger partial charge in [0.15, 0.2) is 8.32 Å². The second-order valence-electron chi connectivity index (χ2n) is 7.71. The van der Waals surface area contributed by atoms with E-state index in [1.807, 2.05) is 0 Å². The summed E-state index contributed by atoms with van der Waals surface area (Å²) < 4.78 is 12.1. The minimum Gasteiger partial charge on any atom is -0.497 e. The monoisotopic (exact) mass is 382 g/mol. The zero-order valence-corrected chi connectivity index (χ0v) is 16.7. The predicted molar refractivity (Wildman–Crippen MR) is 97.3 cm³/mol. The Kier molecular flexibility index (Phi) is 4.47. The fraction of sp³-hybridized carbons (Fsp3) is 0.667. The molecule has 122 valence electrons. The highest BCUT2D eigenvalue weighted by molar-refractivity contribution is 9.10. The lowest BCUT2D eigenvalue weighted by molar-refractivity contribution is 0.179. The van der Waals surface area contributed by atoms with Gasteiger partial charge in [-0.05, 0) is 62.0 Å². The first kappa shape index (κ1) is 16.5. The molecule has 0 radical (unpaired) electrons. The maximum absolute atomic E-state index is 6.67. The first-order valence-corrected chi connectivity index (χ1v) is 12.6. The van der Waals surface area contributed by atoms with E-state index in [4.69, 9.17) is 9.16 Å². The molecule has 3 rings (SSSR count). The Labute approximate surface area is 143 Å². The van der Waals surface area contributed by atoms with Crippen LogP contribution in [0.3, 0.4) is 0 Å². The summed E-state index contributed by atoms with van der Waals surface area (Å²) in [6.45, 7) is 6.85. The molecule has 2 nitrogen and oxygen atoms in total. The van der Waals surface area contributed by atoms with Crippen molar-refractivity contribution in [3.8, 4) is 5.75 Å². The molecular formula is C18H27BrO2Si. The molecule has 0 bridgehead atoms. The van der Waals surface area contributed by atoms with Gasteiger partial charge in [-0.1, -0.05) is 40.9 Å². The lowest BCUT2D eigenvalue weighted by Gasteiger charge is -2.32.